The van der Waals surface area contributed by atoms with Crippen molar-refractivity contribution < 1.29 is 4.74 Å². The summed E-state index contributed by atoms with van der Waals surface area (Å²) in [5.41, 5.74) is 1.74. The van der Waals surface area contributed by atoms with Gasteiger partial charge in [0.1, 0.15) is 11.3 Å². The first-order chi connectivity index (χ1) is 7.77. The molecule has 2 heterocycles. The number of nitrogens with zero attached hydrogens (tertiary/aromatic N) is 3. The van der Waals surface area contributed by atoms with Gasteiger partial charge in [-0.2, -0.15) is 0 Å². The van der Waals surface area contributed by atoms with E-state index in [1.807, 2.05) is 16.7 Å². The van der Waals surface area contributed by atoms with E-state index in [9.17, 15) is 0 Å². The molecule has 0 fully saturated rings. The van der Waals surface area contributed by atoms with Crippen LogP contribution in [-0.4, -0.2) is 28.3 Å². The molecular formula is C11H14ClN3O. The molecule has 0 aliphatic heterocycles. The number of imidazole rings is 1. The van der Waals surface area contributed by atoms with Gasteiger partial charge in [-0.05, 0) is 19.1 Å². The highest BCUT2D eigenvalue weighted by atomic mass is 35.5. The first-order valence-electron chi connectivity index (χ1n) is 5.14. The van der Waals surface area contributed by atoms with Crippen LogP contribution in [0.1, 0.15) is 18.8 Å². The number of ether oxygens (including phenoxy) is 1. The largest absolute Gasteiger partial charge is 0.383 e. The van der Waals surface area contributed by atoms with Crippen molar-refractivity contribution in [1.29, 1.82) is 0 Å². The zero-order valence-corrected chi connectivity index (χ0v) is 10.1. The lowest BCUT2D eigenvalue weighted by Gasteiger charge is -2.14. The summed E-state index contributed by atoms with van der Waals surface area (Å²) in [6.07, 6.45) is 1.76. The van der Waals surface area contributed by atoms with E-state index in [1.54, 1.807) is 13.3 Å². The molecule has 2 aromatic rings. The molecule has 2 aromatic heterocycles. The summed E-state index contributed by atoms with van der Waals surface area (Å²) in [4.78, 5) is 8.79. The summed E-state index contributed by atoms with van der Waals surface area (Å²) < 4.78 is 7.19. The minimum Gasteiger partial charge on any atom is -0.383 e. The van der Waals surface area contributed by atoms with Crippen LogP contribution in [0.5, 0.6) is 0 Å². The molecule has 0 saturated heterocycles. The summed E-state index contributed by atoms with van der Waals surface area (Å²) in [7, 11) is 1.68. The lowest BCUT2D eigenvalue weighted by molar-refractivity contribution is 0.162. The molecule has 0 aromatic carbocycles. The highest BCUT2D eigenvalue weighted by Crippen LogP contribution is 2.20. The van der Waals surface area contributed by atoms with E-state index in [0.29, 0.717) is 12.5 Å². The van der Waals surface area contributed by atoms with Crippen LogP contribution < -0.4 is 0 Å². The van der Waals surface area contributed by atoms with Crippen molar-refractivity contribution in [3.63, 3.8) is 0 Å². The minimum atomic E-state index is 0.179. The van der Waals surface area contributed by atoms with Crippen LogP contribution in [0.3, 0.4) is 0 Å². The second-order valence-electron chi connectivity index (χ2n) is 3.68. The Balaban J connectivity index is 2.55. The van der Waals surface area contributed by atoms with Gasteiger partial charge in [0.25, 0.3) is 0 Å². The molecule has 0 amide bonds. The van der Waals surface area contributed by atoms with Crippen molar-refractivity contribution in [3.8, 4) is 0 Å². The van der Waals surface area contributed by atoms with Gasteiger partial charge < -0.3 is 9.30 Å². The predicted molar refractivity (Wildman–Crippen MR) is 63.7 cm³/mol. The number of hydrogen-bond acceptors (Lipinski definition) is 3. The summed E-state index contributed by atoms with van der Waals surface area (Å²) in [6, 6.07) is 3.99. The maximum Gasteiger partial charge on any atom is 0.160 e. The van der Waals surface area contributed by atoms with Gasteiger partial charge in [-0.15, -0.1) is 11.6 Å². The molecule has 0 aliphatic carbocycles. The molecule has 0 N–H and O–H groups in total. The molecule has 0 saturated carbocycles. The zero-order chi connectivity index (χ0) is 11.5. The van der Waals surface area contributed by atoms with Crippen molar-refractivity contribution in [3.05, 3.63) is 24.2 Å². The van der Waals surface area contributed by atoms with Crippen LogP contribution in [0.25, 0.3) is 11.2 Å². The average Bonchev–Trinajstić information content (AvgIpc) is 2.67. The second kappa shape index (κ2) is 4.80. The van der Waals surface area contributed by atoms with Crippen molar-refractivity contribution in [1.82, 2.24) is 14.5 Å². The molecule has 0 aliphatic rings. The van der Waals surface area contributed by atoms with Crippen LogP contribution in [0.2, 0.25) is 0 Å². The number of alkyl halides is 1. The Morgan fingerprint density at radius 1 is 1.56 bits per heavy atom. The van der Waals surface area contributed by atoms with Crippen LogP contribution >= 0.6 is 11.6 Å². The highest BCUT2D eigenvalue weighted by Gasteiger charge is 2.15. The average molecular weight is 240 g/mol. The number of methoxy groups -OCH3 is 1. The quantitative estimate of drug-likeness (QED) is 0.769. The third-order valence-electron chi connectivity index (χ3n) is 2.49. The van der Waals surface area contributed by atoms with Crippen LogP contribution in [0, 0.1) is 0 Å². The fraction of sp³-hybridized carbons (Fsp3) is 0.455. The van der Waals surface area contributed by atoms with Gasteiger partial charge in [-0.3, -0.25) is 0 Å². The Bertz CT molecular complexity index is 483. The molecule has 2 rings (SSSR count). The van der Waals surface area contributed by atoms with E-state index in [0.717, 1.165) is 17.0 Å². The first kappa shape index (κ1) is 11.4. The minimum absolute atomic E-state index is 0.179. The maximum absolute atomic E-state index is 5.90. The third kappa shape index (κ3) is 1.90. The monoisotopic (exact) mass is 239 g/mol. The van der Waals surface area contributed by atoms with E-state index >= 15 is 0 Å². The Morgan fingerprint density at radius 2 is 2.38 bits per heavy atom. The smallest absolute Gasteiger partial charge is 0.160 e. The van der Waals surface area contributed by atoms with Crippen LogP contribution in [-0.2, 0) is 10.6 Å². The van der Waals surface area contributed by atoms with Gasteiger partial charge in [0, 0.05) is 13.3 Å². The van der Waals surface area contributed by atoms with E-state index in [4.69, 9.17) is 16.3 Å². The number of halogens is 1. The highest BCUT2D eigenvalue weighted by molar-refractivity contribution is 6.16. The first-order valence-corrected chi connectivity index (χ1v) is 5.68. The van der Waals surface area contributed by atoms with Crippen LogP contribution in [0.4, 0.5) is 0 Å². The zero-order valence-electron chi connectivity index (χ0n) is 9.35. The lowest BCUT2D eigenvalue weighted by Crippen LogP contribution is -2.13. The fourth-order valence-electron chi connectivity index (χ4n) is 1.85. The van der Waals surface area contributed by atoms with Gasteiger partial charge in [0.15, 0.2) is 5.65 Å². The number of fused-ring (bicyclic) bond motifs is 1. The molecule has 1 atom stereocenters. The normalized spacial score (nSPS) is 13.2. The molecule has 0 radical (unpaired) electrons. The van der Waals surface area contributed by atoms with Gasteiger partial charge in [0.2, 0.25) is 0 Å². The molecule has 16 heavy (non-hydrogen) atoms. The molecule has 0 bridgehead atoms. The molecule has 86 valence electrons. The number of rotatable bonds is 4. The van der Waals surface area contributed by atoms with Gasteiger partial charge in [-0.25, -0.2) is 9.97 Å². The SMILES string of the molecule is COCC(C)n1c(CCl)nc2cccnc21. The Morgan fingerprint density at radius 3 is 3.06 bits per heavy atom. The van der Waals surface area contributed by atoms with Crippen molar-refractivity contribution >= 4 is 22.8 Å². The summed E-state index contributed by atoms with van der Waals surface area (Å²) in [5, 5.41) is 0. The van der Waals surface area contributed by atoms with Gasteiger partial charge >= 0.3 is 0 Å². The number of pyridine rings is 1. The standard InChI is InChI=1S/C11H14ClN3O/c1-8(7-16-2)15-10(6-12)14-9-4-3-5-13-11(9)15/h3-5,8H,6-7H2,1-2H3. The Labute approximate surface area is 99.2 Å². The molecule has 4 nitrogen and oxygen atoms in total. The van der Waals surface area contributed by atoms with E-state index in [1.165, 1.54) is 0 Å². The van der Waals surface area contributed by atoms with E-state index < -0.39 is 0 Å². The van der Waals surface area contributed by atoms with Gasteiger partial charge in [0.05, 0.1) is 18.5 Å². The van der Waals surface area contributed by atoms with Crippen LogP contribution in [0.15, 0.2) is 18.3 Å². The summed E-state index contributed by atoms with van der Waals surface area (Å²) in [6.45, 7) is 2.68. The molecule has 1 unspecified atom stereocenters. The summed E-state index contributed by atoms with van der Waals surface area (Å²) in [5.74, 6) is 1.21. The van der Waals surface area contributed by atoms with Crippen molar-refractivity contribution in [2.45, 2.75) is 18.8 Å². The Kier molecular flexibility index (Phi) is 3.41. The molecule has 0 spiro atoms. The maximum atomic E-state index is 5.90. The van der Waals surface area contributed by atoms with E-state index in [-0.39, 0.29) is 6.04 Å². The summed E-state index contributed by atoms with van der Waals surface area (Å²) >= 11 is 5.90. The fourth-order valence-corrected chi connectivity index (χ4v) is 2.04. The Hall–Kier alpha value is -1.13. The molecule has 5 heteroatoms. The lowest BCUT2D eigenvalue weighted by atomic mass is 10.3. The second-order valence-corrected chi connectivity index (χ2v) is 3.95. The van der Waals surface area contributed by atoms with Crippen molar-refractivity contribution in [2.24, 2.45) is 0 Å². The molecular weight excluding hydrogens is 226 g/mol. The number of hydrogen-bond donors (Lipinski definition) is 0. The topological polar surface area (TPSA) is 39.9 Å². The van der Waals surface area contributed by atoms with Gasteiger partial charge in [-0.1, -0.05) is 0 Å². The number of aromatic nitrogens is 3. The third-order valence-corrected chi connectivity index (χ3v) is 2.73. The predicted octanol–water partition coefficient (Wildman–Crippen LogP) is 2.38. The van der Waals surface area contributed by atoms with Crippen molar-refractivity contribution in [2.75, 3.05) is 13.7 Å². The van der Waals surface area contributed by atoms with E-state index in [2.05, 4.69) is 16.9 Å².